The Morgan fingerprint density at radius 2 is 2.09 bits per heavy atom. The lowest BCUT2D eigenvalue weighted by Gasteiger charge is -2.22. The summed E-state index contributed by atoms with van der Waals surface area (Å²) in [5.74, 6) is -0.572. The fourth-order valence-corrected chi connectivity index (χ4v) is 2.55. The van der Waals surface area contributed by atoms with E-state index in [9.17, 15) is 10.1 Å². The molecule has 2 aromatic rings. The topological polar surface area (TPSA) is 84.3 Å². The van der Waals surface area contributed by atoms with E-state index >= 15 is 0 Å². The number of hydrogen-bond donors (Lipinski definition) is 1. The van der Waals surface area contributed by atoms with Gasteiger partial charge in [0.05, 0.1) is 18.4 Å². The molecule has 2 N–H and O–H groups in total. The van der Waals surface area contributed by atoms with E-state index in [1.165, 1.54) is 7.11 Å². The van der Waals surface area contributed by atoms with Gasteiger partial charge in [-0.05, 0) is 32.0 Å². The molecule has 0 spiro atoms. The largest absolute Gasteiger partial charge is 0.464 e. The summed E-state index contributed by atoms with van der Waals surface area (Å²) in [6.07, 6.45) is 1.56. The van der Waals surface area contributed by atoms with Gasteiger partial charge in [-0.3, -0.25) is 0 Å². The number of benzene rings is 1. The van der Waals surface area contributed by atoms with Crippen molar-refractivity contribution in [3.8, 4) is 11.8 Å². The summed E-state index contributed by atoms with van der Waals surface area (Å²) >= 11 is 0. The zero-order chi connectivity index (χ0) is 17.0. The van der Waals surface area contributed by atoms with Crippen molar-refractivity contribution in [2.75, 3.05) is 30.8 Å². The molecule has 0 aliphatic carbocycles. The molecule has 1 heterocycles. The molecule has 0 saturated carbocycles. The number of ether oxygens (including phenoxy) is 1. The maximum Gasteiger partial charge on any atom is 0.357 e. The quantitative estimate of drug-likeness (QED) is 0.858. The van der Waals surface area contributed by atoms with Gasteiger partial charge in [0.1, 0.15) is 6.07 Å². The summed E-state index contributed by atoms with van der Waals surface area (Å²) < 4.78 is 6.40. The molecule has 0 saturated heterocycles. The molecule has 0 amide bonds. The van der Waals surface area contributed by atoms with Crippen LogP contribution in [0.25, 0.3) is 5.69 Å². The molecule has 0 radical (unpaired) electrons. The van der Waals surface area contributed by atoms with E-state index in [1.807, 2.05) is 30.3 Å². The maximum atomic E-state index is 12.0. The Balaban J connectivity index is 2.61. The van der Waals surface area contributed by atoms with Crippen LogP contribution in [0.3, 0.4) is 0 Å². The van der Waals surface area contributed by atoms with E-state index in [0.29, 0.717) is 0 Å². The molecular weight excluding hydrogens is 292 g/mol. The molecule has 0 bridgehead atoms. The molecule has 2 rings (SSSR count). The van der Waals surface area contributed by atoms with Gasteiger partial charge in [-0.1, -0.05) is 6.07 Å². The highest BCUT2D eigenvalue weighted by molar-refractivity contribution is 5.96. The first-order valence-electron chi connectivity index (χ1n) is 7.41. The van der Waals surface area contributed by atoms with Gasteiger partial charge in [0.15, 0.2) is 5.69 Å². The van der Waals surface area contributed by atoms with Gasteiger partial charge in [0.25, 0.3) is 0 Å². The molecule has 1 aromatic carbocycles. The second-order valence-corrected chi connectivity index (χ2v) is 4.97. The zero-order valence-corrected chi connectivity index (χ0v) is 13.5. The highest BCUT2D eigenvalue weighted by Gasteiger charge is 2.21. The molecular formula is C17H20N4O2. The van der Waals surface area contributed by atoms with Crippen LogP contribution in [-0.4, -0.2) is 30.7 Å². The summed E-state index contributed by atoms with van der Waals surface area (Å²) in [4.78, 5) is 14.2. The minimum absolute atomic E-state index is 0.132. The van der Waals surface area contributed by atoms with Gasteiger partial charge in [-0.25, -0.2) is 4.79 Å². The molecule has 0 atom stereocenters. The van der Waals surface area contributed by atoms with Crippen molar-refractivity contribution >= 4 is 17.3 Å². The van der Waals surface area contributed by atoms with Crippen LogP contribution in [0.1, 0.15) is 29.9 Å². The smallest absolute Gasteiger partial charge is 0.357 e. The van der Waals surface area contributed by atoms with E-state index in [1.54, 1.807) is 10.8 Å². The zero-order valence-electron chi connectivity index (χ0n) is 13.5. The minimum Gasteiger partial charge on any atom is -0.464 e. The molecule has 23 heavy (non-hydrogen) atoms. The van der Waals surface area contributed by atoms with Crippen LogP contribution in [0.5, 0.6) is 0 Å². The molecule has 0 aliphatic heterocycles. The minimum atomic E-state index is -0.572. The molecule has 0 fully saturated rings. The average molecular weight is 312 g/mol. The SMILES string of the molecule is CCN(CC)c1cccc(-n2cc(C#N)c(N)c2C(=O)OC)c1. The summed E-state index contributed by atoms with van der Waals surface area (Å²) in [6.45, 7) is 5.91. The van der Waals surface area contributed by atoms with E-state index < -0.39 is 5.97 Å². The van der Waals surface area contributed by atoms with Crippen molar-refractivity contribution in [3.05, 3.63) is 41.7 Å². The number of aromatic nitrogens is 1. The maximum absolute atomic E-state index is 12.0. The average Bonchev–Trinajstić information content (AvgIpc) is 2.92. The highest BCUT2D eigenvalue weighted by atomic mass is 16.5. The number of nitriles is 1. The van der Waals surface area contributed by atoms with Gasteiger partial charge in [0.2, 0.25) is 0 Å². The number of hydrogen-bond acceptors (Lipinski definition) is 5. The van der Waals surface area contributed by atoms with Crippen LogP contribution >= 0.6 is 0 Å². The number of nitrogens with two attached hydrogens (primary N) is 1. The first kappa shape index (κ1) is 16.4. The number of carbonyl (C=O) groups is 1. The van der Waals surface area contributed by atoms with Crippen LogP contribution in [-0.2, 0) is 4.74 Å². The normalized spacial score (nSPS) is 10.2. The van der Waals surface area contributed by atoms with Gasteiger partial charge in [-0.15, -0.1) is 0 Å². The predicted octanol–water partition coefficient (Wildman–Crippen LogP) is 2.56. The molecule has 0 unspecified atom stereocenters. The van der Waals surface area contributed by atoms with E-state index in [-0.39, 0.29) is 16.9 Å². The second-order valence-electron chi connectivity index (χ2n) is 4.97. The number of rotatable bonds is 5. The van der Waals surface area contributed by atoms with Crippen LogP contribution in [0.15, 0.2) is 30.5 Å². The fourth-order valence-electron chi connectivity index (χ4n) is 2.55. The Labute approximate surface area is 135 Å². The van der Waals surface area contributed by atoms with Crippen LogP contribution in [0, 0.1) is 11.3 Å². The van der Waals surface area contributed by atoms with Crippen molar-refractivity contribution in [2.45, 2.75) is 13.8 Å². The molecule has 1 aromatic heterocycles. The third-order valence-electron chi connectivity index (χ3n) is 3.78. The van der Waals surface area contributed by atoms with E-state index in [2.05, 4.69) is 18.7 Å². The number of nitrogen functional groups attached to an aromatic ring is 1. The second kappa shape index (κ2) is 6.88. The molecule has 0 aliphatic rings. The fraction of sp³-hybridized carbons (Fsp3) is 0.294. The molecule has 120 valence electrons. The highest BCUT2D eigenvalue weighted by Crippen LogP contribution is 2.26. The van der Waals surface area contributed by atoms with Crippen molar-refractivity contribution in [3.63, 3.8) is 0 Å². The number of esters is 1. The van der Waals surface area contributed by atoms with Gasteiger partial charge < -0.3 is 19.9 Å². The van der Waals surface area contributed by atoms with E-state index in [0.717, 1.165) is 24.5 Å². The molecule has 6 nitrogen and oxygen atoms in total. The summed E-state index contributed by atoms with van der Waals surface area (Å²) in [5.41, 5.74) is 8.26. The Morgan fingerprint density at radius 3 is 2.65 bits per heavy atom. The van der Waals surface area contributed by atoms with Crippen molar-refractivity contribution in [1.82, 2.24) is 4.57 Å². The Bertz CT molecular complexity index is 754. The molecule has 6 heteroatoms. The van der Waals surface area contributed by atoms with Crippen LogP contribution in [0.2, 0.25) is 0 Å². The summed E-state index contributed by atoms with van der Waals surface area (Å²) in [6, 6.07) is 9.74. The number of anilines is 2. The van der Waals surface area contributed by atoms with Crippen molar-refractivity contribution < 1.29 is 9.53 Å². The van der Waals surface area contributed by atoms with Crippen molar-refractivity contribution in [1.29, 1.82) is 5.26 Å². The lowest BCUT2D eigenvalue weighted by molar-refractivity contribution is 0.0593. The summed E-state index contributed by atoms with van der Waals surface area (Å²) in [5, 5.41) is 9.17. The Kier molecular flexibility index (Phi) is 4.91. The number of carbonyl (C=O) groups excluding carboxylic acids is 1. The third-order valence-corrected chi connectivity index (χ3v) is 3.78. The van der Waals surface area contributed by atoms with E-state index in [4.69, 9.17) is 10.5 Å². The summed E-state index contributed by atoms with van der Waals surface area (Å²) in [7, 11) is 1.29. The lowest BCUT2D eigenvalue weighted by Crippen LogP contribution is -2.22. The number of nitrogens with zero attached hydrogens (tertiary/aromatic N) is 3. The van der Waals surface area contributed by atoms with Gasteiger partial charge in [-0.2, -0.15) is 5.26 Å². The van der Waals surface area contributed by atoms with Gasteiger partial charge >= 0.3 is 5.97 Å². The third kappa shape index (κ3) is 2.99. The van der Waals surface area contributed by atoms with Gasteiger partial charge in [0, 0.05) is 30.7 Å². The monoisotopic (exact) mass is 312 g/mol. The van der Waals surface area contributed by atoms with Crippen LogP contribution < -0.4 is 10.6 Å². The number of methoxy groups -OCH3 is 1. The first-order valence-corrected chi connectivity index (χ1v) is 7.41. The lowest BCUT2D eigenvalue weighted by atomic mass is 10.2. The van der Waals surface area contributed by atoms with Crippen molar-refractivity contribution in [2.24, 2.45) is 0 Å². The van der Waals surface area contributed by atoms with Crippen LogP contribution in [0.4, 0.5) is 11.4 Å². The standard InChI is InChI=1S/C17H20N4O2/c1-4-20(5-2)13-7-6-8-14(9-13)21-11-12(10-18)15(19)16(21)17(22)23-3/h6-9,11H,4-5,19H2,1-3H3. The predicted molar refractivity (Wildman–Crippen MR) is 89.8 cm³/mol. The first-order chi connectivity index (χ1) is 11.1. The Hall–Kier alpha value is -2.94. The Morgan fingerprint density at radius 1 is 1.39 bits per heavy atom.